The Morgan fingerprint density at radius 3 is 2.72 bits per heavy atom. The van der Waals surface area contributed by atoms with Crippen LogP contribution in [0.2, 0.25) is 0 Å². The van der Waals surface area contributed by atoms with Gasteiger partial charge < -0.3 is 9.32 Å². The summed E-state index contributed by atoms with van der Waals surface area (Å²) in [6, 6.07) is 13.7. The number of oxazole rings is 1. The van der Waals surface area contributed by atoms with Gasteiger partial charge in [0.25, 0.3) is 0 Å². The summed E-state index contributed by atoms with van der Waals surface area (Å²) in [5, 5.41) is 6.88. The Balaban J connectivity index is 1.22. The largest absolute Gasteiger partial charge is 0.443 e. The Morgan fingerprint density at radius 1 is 1.09 bits per heavy atom. The predicted molar refractivity (Wildman–Crippen MR) is 118 cm³/mol. The molecule has 0 spiro atoms. The third-order valence-electron chi connectivity index (χ3n) is 6.53. The Morgan fingerprint density at radius 2 is 1.91 bits per heavy atom. The molecule has 0 radical (unpaired) electrons. The van der Waals surface area contributed by atoms with Gasteiger partial charge >= 0.3 is 5.69 Å². The lowest BCUT2D eigenvalue weighted by Gasteiger charge is -2.16. The number of aromatic amines is 1. The first-order valence-corrected chi connectivity index (χ1v) is 11.0. The van der Waals surface area contributed by atoms with Crippen LogP contribution in [0.1, 0.15) is 25.1 Å². The molecule has 8 nitrogen and oxygen atoms in total. The molecule has 4 aromatic rings. The van der Waals surface area contributed by atoms with Crippen molar-refractivity contribution in [2.45, 2.75) is 25.7 Å². The molecule has 1 atom stereocenters. The van der Waals surface area contributed by atoms with E-state index in [1.807, 2.05) is 47.4 Å². The zero-order valence-electron chi connectivity index (χ0n) is 17.5. The van der Waals surface area contributed by atoms with Gasteiger partial charge in [-0.2, -0.15) is 5.10 Å². The van der Waals surface area contributed by atoms with Crippen LogP contribution in [-0.2, 0) is 11.2 Å². The monoisotopic (exact) mass is 429 g/mol. The Hall–Kier alpha value is -3.68. The number of H-pyrrole nitrogens is 1. The molecule has 2 fully saturated rings. The second kappa shape index (κ2) is 7.47. The summed E-state index contributed by atoms with van der Waals surface area (Å²) in [6.45, 7) is 1.55. The molecule has 2 aromatic carbocycles. The van der Waals surface area contributed by atoms with Crippen LogP contribution in [0.25, 0.3) is 27.9 Å². The van der Waals surface area contributed by atoms with Crippen LogP contribution in [0.4, 0.5) is 0 Å². The lowest BCUT2D eigenvalue weighted by Crippen LogP contribution is -2.30. The van der Waals surface area contributed by atoms with E-state index in [-0.39, 0.29) is 11.6 Å². The van der Waals surface area contributed by atoms with Gasteiger partial charge in [-0.3, -0.25) is 4.79 Å². The van der Waals surface area contributed by atoms with Crippen molar-refractivity contribution in [1.29, 1.82) is 0 Å². The number of hydrogen-bond donors (Lipinski definition) is 1. The van der Waals surface area contributed by atoms with Crippen molar-refractivity contribution >= 4 is 17.0 Å². The zero-order chi connectivity index (χ0) is 21.7. The minimum atomic E-state index is -0.249. The molecule has 1 N–H and O–H groups in total. The third kappa shape index (κ3) is 3.41. The predicted octanol–water partition coefficient (Wildman–Crippen LogP) is 3.17. The van der Waals surface area contributed by atoms with E-state index in [2.05, 4.69) is 15.2 Å². The fourth-order valence-electron chi connectivity index (χ4n) is 4.62. The Labute approximate surface area is 183 Å². The van der Waals surface area contributed by atoms with Crippen LogP contribution < -0.4 is 5.69 Å². The number of nitrogens with zero attached hydrogens (tertiary/aromatic N) is 4. The third-order valence-corrected chi connectivity index (χ3v) is 6.53. The van der Waals surface area contributed by atoms with Crippen molar-refractivity contribution in [1.82, 2.24) is 24.6 Å². The maximum Gasteiger partial charge on any atom is 0.347 e. The fourth-order valence-corrected chi connectivity index (χ4v) is 4.62. The molecule has 1 amide bonds. The molecule has 0 bridgehead atoms. The lowest BCUT2D eigenvalue weighted by atomic mass is 10.0. The highest BCUT2D eigenvalue weighted by Gasteiger charge is 2.36. The number of fused-ring (bicyclic) bond motifs is 1. The normalized spacial score (nSPS) is 18.5. The summed E-state index contributed by atoms with van der Waals surface area (Å²) in [5.41, 5.74) is 4.15. The standard InChI is InChI=1S/C24H23N5O3/c30-23(17-1-2-17)28-10-9-15(13-28)11-22-26-27-24(31)29(22)19-6-3-16(4-7-19)18-5-8-21-20(12-18)25-14-32-21/h3-8,12,14-15,17H,1-2,9-11,13H2,(H,27,31)/t15-/m0/s1. The van der Waals surface area contributed by atoms with Gasteiger partial charge in [0.1, 0.15) is 11.3 Å². The van der Waals surface area contributed by atoms with Gasteiger partial charge in [-0.05, 0) is 60.6 Å². The smallest absolute Gasteiger partial charge is 0.347 e. The van der Waals surface area contributed by atoms with Crippen molar-refractivity contribution < 1.29 is 9.21 Å². The van der Waals surface area contributed by atoms with Gasteiger partial charge in [0, 0.05) is 25.4 Å². The molecule has 8 heteroatoms. The average molecular weight is 429 g/mol. The van der Waals surface area contributed by atoms with E-state index in [9.17, 15) is 9.59 Å². The number of nitrogens with one attached hydrogen (secondary N) is 1. The number of amides is 1. The highest BCUT2D eigenvalue weighted by molar-refractivity contribution is 5.81. The second-order valence-corrected chi connectivity index (χ2v) is 8.78. The molecule has 1 saturated carbocycles. The Bertz CT molecular complexity index is 1350. The van der Waals surface area contributed by atoms with Gasteiger partial charge in [0.05, 0.1) is 5.69 Å². The van der Waals surface area contributed by atoms with Gasteiger partial charge in [-0.15, -0.1) is 0 Å². The van der Waals surface area contributed by atoms with Gasteiger partial charge in [-0.25, -0.2) is 19.4 Å². The van der Waals surface area contributed by atoms with Crippen LogP contribution in [0.15, 0.2) is 58.1 Å². The average Bonchev–Trinajstić information content (AvgIpc) is 3.20. The number of benzene rings is 2. The molecule has 3 heterocycles. The van der Waals surface area contributed by atoms with Crippen molar-refractivity contribution in [3.63, 3.8) is 0 Å². The van der Waals surface area contributed by atoms with Crippen LogP contribution >= 0.6 is 0 Å². The zero-order valence-corrected chi connectivity index (χ0v) is 17.5. The summed E-state index contributed by atoms with van der Waals surface area (Å²) in [7, 11) is 0. The summed E-state index contributed by atoms with van der Waals surface area (Å²) in [6.07, 6.45) is 5.11. The molecule has 162 valence electrons. The van der Waals surface area contributed by atoms with Crippen LogP contribution in [-0.4, -0.2) is 43.6 Å². The summed E-state index contributed by atoms with van der Waals surface area (Å²) < 4.78 is 6.95. The van der Waals surface area contributed by atoms with E-state index < -0.39 is 0 Å². The number of rotatable bonds is 5. The topological polar surface area (TPSA) is 97.0 Å². The van der Waals surface area contributed by atoms with Crippen molar-refractivity contribution in [3.05, 3.63) is 65.2 Å². The second-order valence-electron chi connectivity index (χ2n) is 8.78. The molecule has 1 aliphatic carbocycles. The fraction of sp³-hybridized carbons (Fsp3) is 0.333. The maximum absolute atomic E-state index is 12.5. The minimum absolute atomic E-state index is 0.249. The number of carbonyl (C=O) groups excluding carboxylic acids is 1. The maximum atomic E-state index is 12.5. The van der Waals surface area contributed by atoms with Gasteiger partial charge in [-0.1, -0.05) is 18.2 Å². The molecule has 2 aromatic heterocycles. The summed E-state index contributed by atoms with van der Waals surface area (Å²) in [4.78, 5) is 31.1. The molecule has 32 heavy (non-hydrogen) atoms. The van der Waals surface area contributed by atoms with Crippen molar-refractivity contribution in [3.8, 4) is 16.8 Å². The molecule has 1 saturated heterocycles. The highest BCUT2D eigenvalue weighted by atomic mass is 16.3. The van der Waals surface area contributed by atoms with E-state index in [1.54, 1.807) is 4.57 Å². The Kier molecular flexibility index (Phi) is 4.45. The molecule has 6 rings (SSSR count). The minimum Gasteiger partial charge on any atom is -0.443 e. The van der Waals surface area contributed by atoms with Gasteiger partial charge in [0.15, 0.2) is 12.0 Å². The molecular formula is C24H23N5O3. The number of carbonyl (C=O) groups is 1. The van der Waals surface area contributed by atoms with Crippen molar-refractivity contribution in [2.24, 2.45) is 11.8 Å². The van der Waals surface area contributed by atoms with Crippen LogP contribution in [0.5, 0.6) is 0 Å². The first kappa shape index (κ1) is 19.0. The van der Waals surface area contributed by atoms with E-state index in [4.69, 9.17) is 4.42 Å². The van der Waals surface area contributed by atoms with E-state index in [0.717, 1.165) is 60.3 Å². The first-order valence-electron chi connectivity index (χ1n) is 11.0. The molecule has 1 aliphatic heterocycles. The summed E-state index contributed by atoms with van der Waals surface area (Å²) >= 11 is 0. The van der Waals surface area contributed by atoms with Crippen LogP contribution in [0.3, 0.4) is 0 Å². The lowest BCUT2D eigenvalue weighted by molar-refractivity contribution is -0.131. The molecular weight excluding hydrogens is 406 g/mol. The van der Waals surface area contributed by atoms with E-state index >= 15 is 0 Å². The number of likely N-dealkylation sites (tertiary alicyclic amines) is 1. The van der Waals surface area contributed by atoms with E-state index in [1.165, 1.54) is 6.39 Å². The summed E-state index contributed by atoms with van der Waals surface area (Å²) in [5.74, 6) is 1.57. The SMILES string of the molecule is O=C(C1CC1)N1CC[C@@H](Cc2n[nH]c(=O)n2-c2ccc(-c3ccc4ocnc4c3)cc2)C1. The number of aromatic nitrogens is 4. The highest BCUT2D eigenvalue weighted by Crippen LogP contribution is 2.33. The van der Waals surface area contributed by atoms with Crippen molar-refractivity contribution in [2.75, 3.05) is 13.1 Å². The molecule has 2 aliphatic rings. The van der Waals surface area contributed by atoms with Crippen LogP contribution in [0, 0.1) is 11.8 Å². The quantitative estimate of drug-likeness (QED) is 0.526. The van der Waals surface area contributed by atoms with Gasteiger partial charge in [0.2, 0.25) is 5.91 Å². The molecule has 0 unspecified atom stereocenters. The first-order chi connectivity index (χ1) is 15.7. The van der Waals surface area contributed by atoms with E-state index in [0.29, 0.717) is 24.1 Å². The number of hydrogen-bond acceptors (Lipinski definition) is 5.